The van der Waals surface area contributed by atoms with Gasteiger partial charge in [0, 0.05) is 30.1 Å². The number of nitrogens with one attached hydrogen (secondary N) is 1. The van der Waals surface area contributed by atoms with Gasteiger partial charge in [-0.15, -0.1) is 5.10 Å². The van der Waals surface area contributed by atoms with Gasteiger partial charge in [-0.25, -0.2) is 4.52 Å². The lowest BCUT2D eigenvalue weighted by molar-refractivity contribution is 0.0949. The number of fused-ring (bicyclic) bond motifs is 1. The van der Waals surface area contributed by atoms with E-state index in [2.05, 4.69) is 20.4 Å². The largest absolute Gasteiger partial charge is 0.490 e. The number of carbonyl (C=O) groups is 1. The van der Waals surface area contributed by atoms with E-state index in [4.69, 9.17) is 10.5 Å². The van der Waals surface area contributed by atoms with Crippen LogP contribution in [-0.2, 0) is 6.54 Å². The molecule has 0 atom stereocenters. The standard InChI is InChI=1S/C25H26N6O2/c1-16-21(12-19(15-27-16)17-10-11-31-23(13-17)29-25(26)30-31)24(32)28-14-18-6-2-5-9-22(18)33-20-7-3-4-8-20/h2,5-6,9-13,15,20H,3-4,7-8,14H2,1H3,(H2,26,30)(H,28,32). The van der Waals surface area contributed by atoms with E-state index in [1.54, 1.807) is 16.9 Å². The molecule has 5 rings (SSSR count). The number of benzene rings is 1. The molecule has 4 aromatic rings. The summed E-state index contributed by atoms with van der Waals surface area (Å²) in [6, 6.07) is 13.5. The molecular formula is C25H26N6O2. The molecule has 3 heterocycles. The van der Waals surface area contributed by atoms with Crippen LogP contribution in [0.2, 0.25) is 0 Å². The minimum atomic E-state index is -0.176. The van der Waals surface area contributed by atoms with Crippen molar-refractivity contribution in [1.82, 2.24) is 24.9 Å². The van der Waals surface area contributed by atoms with Crippen molar-refractivity contribution in [3.63, 3.8) is 0 Å². The van der Waals surface area contributed by atoms with Crippen molar-refractivity contribution in [1.29, 1.82) is 0 Å². The van der Waals surface area contributed by atoms with Crippen molar-refractivity contribution in [3.8, 4) is 16.9 Å². The number of nitrogens with zero attached hydrogens (tertiary/aromatic N) is 4. The summed E-state index contributed by atoms with van der Waals surface area (Å²) in [6.07, 6.45) is 8.41. The Morgan fingerprint density at radius 3 is 2.85 bits per heavy atom. The average Bonchev–Trinajstić information content (AvgIpc) is 3.46. The number of nitrogen functional groups attached to an aromatic ring is 1. The molecule has 168 valence electrons. The predicted octanol–water partition coefficient (Wildman–Crippen LogP) is 3.93. The Hall–Kier alpha value is -3.94. The molecule has 8 nitrogen and oxygen atoms in total. The second kappa shape index (κ2) is 8.90. The Morgan fingerprint density at radius 2 is 2.00 bits per heavy atom. The lowest BCUT2D eigenvalue weighted by atomic mass is 10.0. The molecule has 1 saturated carbocycles. The highest BCUT2D eigenvalue weighted by molar-refractivity contribution is 5.96. The molecule has 33 heavy (non-hydrogen) atoms. The van der Waals surface area contributed by atoms with Crippen molar-refractivity contribution < 1.29 is 9.53 Å². The van der Waals surface area contributed by atoms with Crippen LogP contribution in [0, 0.1) is 6.92 Å². The number of nitrogens with two attached hydrogens (primary N) is 1. The molecule has 3 aromatic heterocycles. The highest BCUT2D eigenvalue weighted by atomic mass is 16.5. The van der Waals surface area contributed by atoms with Gasteiger partial charge in [0.15, 0.2) is 5.65 Å². The number of ether oxygens (including phenoxy) is 1. The van der Waals surface area contributed by atoms with E-state index < -0.39 is 0 Å². The molecule has 3 N–H and O–H groups in total. The fraction of sp³-hybridized carbons (Fsp3) is 0.280. The van der Waals surface area contributed by atoms with Crippen molar-refractivity contribution in [2.75, 3.05) is 5.73 Å². The molecule has 0 bridgehead atoms. The molecule has 0 saturated heterocycles. The average molecular weight is 443 g/mol. The molecule has 1 aliphatic carbocycles. The van der Waals surface area contributed by atoms with Gasteiger partial charge in [0.05, 0.1) is 17.4 Å². The molecule has 1 amide bonds. The topological polar surface area (TPSA) is 107 Å². The van der Waals surface area contributed by atoms with Gasteiger partial charge in [0.25, 0.3) is 5.91 Å². The minimum Gasteiger partial charge on any atom is -0.490 e. The monoisotopic (exact) mass is 442 g/mol. The second-order valence-electron chi connectivity index (χ2n) is 8.36. The van der Waals surface area contributed by atoms with Crippen molar-refractivity contribution in [2.45, 2.75) is 45.3 Å². The fourth-order valence-electron chi connectivity index (χ4n) is 4.22. The number of aryl methyl sites for hydroxylation is 1. The van der Waals surface area contributed by atoms with E-state index in [-0.39, 0.29) is 18.0 Å². The molecule has 8 heteroatoms. The minimum absolute atomic E-state index is 0.176. The number of anilines is 1. The SMILES string of the molecule is Cc1ncc(-c2ccn3nc(N)nc3c2)cc1C(=O)NCc1ccccc1OC1CCCC1. The van der Waals surface area contributed by atoms with Crippen LogP contribution in [-0.4, -0.2) is 31.6 Å². The molecule has 0 unspecified atom stereocenters. The van der Waals surface area contributed by atoms with Crippen molar-refractivity contribution in [2.24, 2.45) is 0 Å². The summed E-state index contributed by atoms with van der Waals surface area (Å²) in [7, 11) is 0. The first-order valence-electron chi connectivity index (χ1n) is 11.2. The summed E-state index contributed by atoms with van der Waals surface area (Å²) in [6.45, 7) is 2.22. The van der Waals surface area contributed by atoms with E-state index in [9.17, 15) is 4.79 Å². The van der Waals surface area contributed by atoms with Gasteiger partial charge in [-0.3, -0.25) is 9.78 Å². The summed E-state index contributed by atoms with van der Waals surface area (Å²) >= 11 is 0. The Morgan fingerprint density at radius 1 is 1.18 bits per heavy atom. The molecule has 1 fully saturated rings. The van der Waals surface area contributed by atoms with E-state index in [0.29, 0.717) is 23.4 Å². The molecule has 1 aliphatic rings. The van der Waals surface area contributed by atoms with Gasteiger partial charge in [0.2, 0.25) is 5.95 Å². The van der Waals surface area contributed by atoms with E-state index in [1.165, 1.54) is 12.8 Å². The first-order valence-corrected chi connectivity index (χ1v) is 11.2. The number of para-hydroxylation sites is 1. The van der Waals surface area contributed by atoms with Crippen LogP contribution in [0.3, 0.4) is 0 Å². The van der Waals surface area contributed by atoms with Crippen molar-refractivity contribution in [3.05, 3.63) is 71.7 Å². The first-order chi connectivity index (χ1) is 16.1. The lowest BCUT2D eigenvalue weighted by Crippen LogP contribution is -2.24. The predicted molar refractivity (Wildman–Crippen MR) is 126 cm³/mol. The van der Waals surface area contributed by atoms with Crippen LogP contribution in [0.25, 0.3) is 16.8 Å². The zero-order valence-electron chi connectivity index (χ0n) is 18.5. The normalized spacial score (nSPS) is 14.0. The maximum atomic E-state index is 13.1. The highest BCUT2D eigenvalue weighted by Crippen LogP contribution is 2.27. The maximum absolute atomic E-state index is 13.1. The van der Waals surface area contributed by atoms with Crippen LogP contribution in [0.1, 0.15) is 47.3 Å². The molecule has 0 radical (unpaired) electrons. The van der Waals surface area contributed by atoms with Crippen molar-refractivity contribution >= 4 is 17.5 Å². The molecule has 0 aliphatic heterocycles. The Bertz CT molecular complexity index is 1310. The Labute approximate surface area is 191 Å². The van der Waals surface area contributed by atoms with Crippen LogP contribution < -0.4 is 15.8 Å². The molecule has 1 aromatic carbocycles. The molecular weight excluding hydrogens is 416 g/mol. The van der Waals surface area contributed by atoms with Crippen LogP contribution in [0.15, 0.2) is 54.9 Å². The van der Waals surface area contributed by atoms with Crippen LogP contribution in [0.4, 0.5) is 5.95 Å². The summed E-state index contributed by atoms with van der Waals surface area (Å²) in [5, 5.41) is 7.12. The summed E-state index contributed by atoms with van der Waals surface area (Å²) < 4.78 is 7.81. The number of pyridine rings is 2. The summed E-state index contributed by atoms with van der Waals surface area (Å²) in [4.78, 5) is 21.7. The zero-order valence-corrected chi connectivity index (χ0v) is 18.5. The Balaban J connectivity index is 1.34. The fourth-order valence-corrected chi connectivity index (χ4v) is 4.22. The zero-order chi connectivity index (χ0) is 22.8. The number of hydrogen-bond acceptors (Lipinski definition) is 6. The van der Waals surface area contributed by atoms with E-state index >= 15 is 0 Å². The van der Waals surface area contributed by atoms with E-state index in [0.717, 1.165) is 35.3 Å². The highest BCUT2D eigenvalue weighted by Gasteiger charge is 2.18. The number of aromatic nitrogens is 4. The number of carbonyl (C=O) groups excluding carboxylic acids is 1. The van der Waals surface area contributed by atoms with Gasteiger partial charge in [-0.2, -0.15) is 4.98 Å². The third-order valence-electron chi connectivity index (χ3n) is 6.03. The number of amides is 1. The number of rotatable bonds is 6. The van der Waals surface area contributed by atoms with Gasteiger partial charge in [-0.1, -0.05) is 18.2 Å². The number of hydrogen-bond donors (Lipinski definition) is 2. The third-order valence-corrected chi connectivity index (χ3v) is 6.03. The van der Waals surface area contributed by atoms with E-state index in [1.807, 2.05) is 49.4 Å². The quantitative estimate of drug-likeness (QED) is 0.468. The Kier molecular flexibility index (Phi) is 5.64. The second-order valence-corrected chi connectivity index (χ2v) is 8.36. The lowest BCUT2D eigenvalue weighted by Gasteiger charge is -2.17. The van der Waals surface area contributed by atoms with Crippen LogP contribution >= 0.6 is 0 Å². The van der Waals surface area contributed by atoms with Gasteiger partial charge < -0.3 is 15.8 Å². The van der Waals surface area contributed by atoms with Gasteiger partial charge in [0.1, 0.15) is 5.75 Å². The maximum Gasteiger partial charge on any atom is 0.253 e. The molecule has 0 spiro atoms. The smallest absolute Gasteiger partial charge is 0.253 e. The van der Waals surface area contributed by atoms with Gasteiger partial charge in [-0.05, 0) is 62.4 Å². The summed E-state index contributed by atoms with van der Waals surface area (Å²) in [5.74, 6) is 0.881. The first kappa shape index (κ1) is 20.9. The van der Waals surface area contributed by atoms with Gasteiger partial charge >= 0.3 is 0 Å². The summed E-state index contributed by atoms with van der Waals surface area (Å²) in [5.41, 5.74) is 10.2. The van der Waals surface area contributed by atoms with Crippen LogP contribution in [0.5, 0.6) is 5.75 Å². The third kappa shape index (κ3) is 4.50.